The fraction of sp³-hybridized carbons (Fsp3) is 0.579. The molecule has 1 aromatic heterocycles. The van der Waals surface area contributed by atoms with Gasteiger partial charge in [0.05, 0.1) is 0 Å². The fourth-order valence-corrected chi connectivity index (χ4v) is 4.23. The van der Waals surface area contributed by atoms with Gasteiger partial charge in [-0.25, -0.2) is 0 Å². The summed E-state index contributed by atoms with van der Waals surface area (Å²) in [6.07, 6.45) is 4.74. The van der Waals surface area contributed by atoms with Crippen molar-refractivity contribution in [3.8, 4) is 0 Å². The van der Waals surface area contributed by atoms with Crippen molar-refractivity contribution >= 4 is 10.9 Å². The minimum atomic E-state index is 0.205. The second-order valence-corrected chi connectivity index (χ2v) is 8.22. The number of piperidine rings is 1. The molecule has 2 aromatic rings. The third-order valence-electron chi connectivity index (χ3n) is 5.47. The monoisotopic (exact) mass is 282 g/mol. The Labute approximate surface area is 127 Å². The van der Waals surface area contributed by atoms with Crippen LogP contribution < -0.4 is 5.32 Å². The zero-order chi connectivity index (χ0) is 14.8. The molecular weight excluding hydrogens is 256 g/mol. The molecule has 0 amide bonds. The van der Waals surface area contributed by atoms with Gasteiger partial charge in [-0.3, -0.25) is 0 Å². The number of rotatable bonds is 0. The Bertz CT molecular complexity index is 689. The summed E-state index contributed by atoms with van der Waals surface area (Å²) in [6.45, 7) is 10.5. The highest BCUT2D eigenvalue weighted by molar-refractivity contribution is 5.89. The van der Waals surface area contributed by atoms with Crippen LogP contribution >= 0.6 is 0 Å². The van der Waals surface area contributed by atoms with Crippen molar-refractivity contribution in [1.82, 2.24) is 10.3 Å². The van der Waals surface area contributed by atoms with E-state index in [4.69, 9.17) is 0 Å². The van der Waals surface area contributed by atoms with Crippen molar-refractivity contribution in [1.29, 1.82) is 0 Å². The van der Waals surface area contributed by atoms with Gasteiger partial charge in [-0.1, -0.05) is 33.8 Å². The molecule has 21 heavy (non-hydrogen) atoms. The number of aromatic nitrogens is 1. The molecule has 1 fully saturated rings. The lowest BCUT2D eigenvalue weighted by atomic mass is 9.72. The lowest BCUT2D eigenvalue weighted by Gasteiger charge is -2.40. The number of hydrogen-bond donors (Lipinski definition) is 2. The van der Waals surface area contributed by atoms with Gasteiger partial charge < -0.3 is 10.3 Å². The summed E-state index contributed by atoms with van der Waals surface area (Å²) in [6, 6.07) is 5.49. The Balaban J connectivity index is 1.93. The Morgan fingerprint density at radius 1 is 1.19 bits per heavy atom. The number of hydrogen-bond acceptors (Lipinski definition) is 1. The highest BCUT2D eigenvalue weighted by Crippen LogP contribution is 2.43. The zero-order valence-electron chi connectivity index (χ0n) is 13.6. The molecule has 3 atom stereocenters. The first kappa shape index (κ1) is 13.4. The van der Waals surface area contributed by atoms with Crippen LogP contribution in [-0.4, -0.2) is 17.6 Å². The molecule has 0 saturated carbocycles. The summed E-state index contributed by atoms with van der Waals surface area (Å²) >= 11 is 0. The van der Waals surface area contributed by atoms with Gasteiger partial charge in [-0.05, 0) is 53.5 Å². The molecule has 112 valence electrons. The molecule has 0 spiro atoms. The van der Waals surface area contributed by atoms with Crippen molar-refractivity contribution in [2.75, 3.05) is 6.54 Å². The molecule has 2 heteroatoms. The first-order chi connectivity index (χ1) is 9.93. The Hall–Kier alpha value is -1.28. The Kier molecular flexibility index (Phi) is 2.78. The maximum Gasteiger partial charge on any atom is 0.0462 e. The van der Waals surface area contributed by atoms with E-state index in [0.29, 0.717) is 12.0 Å². The minimum absolute atomic E-state index is 0.205. The van der Waals surface area contributed by atoms with Crippen molar-refractivity contribution in [2.24, 2.45) is 5.92 Å². The minimum Gasteiger partial charge on any atom is -0.361 e. The molecular formula is C19H26N2. The van der Waals surface area contributed by atoms with E-state index in [2.05, 4.69) is 56.3 Å². The number of fused-ring (bicyclic) bond motifs is 2. The standard InChI is InChI=1S/C19H26N2/c1-11-5-14-15-7-13(19(2,3)4)8-17-18(15)12(10-21-17)6-16(14)20-9-11/h7-8,10-11,14,16,20-21H,5-6,9H2,1-4H3/t11?,14-,16-/m1/s1. The third kappa shape index (κ3) is 2.03. The molecule has 4 rings (SSSR count). The second kappa shape index (κ2) is 4.36. The first-order valence-corrected chi connectivity index (χ1v) is 8.31. The molecule has 2 N–H and O–H groups in total. The molecule has 0 bridgehead atoms. The van der Waals surface area contributed by atoms with E-state index in [1.165, 1.54) is 41.4 Å². The van der Waals surface area contributed by atoms with Crippen LogP contribution in [0.4, 0.5) is 0 Å². The summed E-state index contributed by atoms with van der Waals surface area (Å²) < 4.78 is 0. The maximum absolute atomic E-state index is 3.79. The van der Waals surface area contributed by atoms with E-state index >= 15 is 0 Å². The van der Waals surface area contributed by atoms with E-state index in [1.807, 2.05) is 0 Å². The molecule has 2 heterocycles. The normalized spacial score (nSPS) is 28.7. The number of benzene rings is 1. The topological polar surface area (TPSA) is 27.8 Å². The predicted octanol–water partition coefficient (Wildman–Crippen LogP) is 4.10. The number of aromatic amines is 1. The van der Waals surface area contributed by atoms with Gasteiger partial charge in [0.1, 0.15) is 0 Å². The maximum atomic E-state index is 3.79. The van der Waals surface area contributed by atoms with Crippen LogP contribution in [0.1, 0.15) is 56.7 Å². The van der Waals surface area contributed by atoms with E-state index < -0.39 is 0 Å². The highest BCUT2D eigenvalue weighted by atomic mass is 14.9. The first-order valence-electron chi connectivity index (χ1n) is 8.31. The van der Waals surface area contributed by atoms with E-state index in [0.717, 1.165) is 5.92 Å². The number of nitrogens with one attached hydrogen (secondary N) is 2. The van der Waals surface area contributed by atoms with Crippen LogP contribution in [0, 0.1) is 5.92 Å². The highest BCUT2D eigenvalue weighted by Gasteiger charge is 2.35. The van der Waals surface area contributed by atoms with Crippen LogP contribution in [0.25, 0.3) is 10.9 Å². The Morgan fingerprint density at radius 3 is 2.76 bits per heavy atom. The van der Waals surface area contributed by atoms with Crippen LogP contribution in [0.3, 0.4) is 0 Å². The average molecular weight is 282 g/mol. The van der Waals surface area contributed by atoms with Gasteiger partial charge >= 0.3 is 0 Å². The molecule has 1 aliphatic carbocycles. The summed E-state index contributed by atoms with van der Waals surface area (Å²) in [5.74, 6) is 1.46. The van der Waals surface area contributed by atoms with Crippen molar-refractivity contribution in [3.63, 3.8) is 0 Å². The van der Waals surface area contributed by atoms with Gasteiger partial charge in [-0.15, -0.1) is 0 Å². The van der Waals surface area contributed by atoms with E-state index in [9.17, 15) is 0 Å². The van der Waals surface area contributed by atoms with Crippen LogP contribution in [0.15, 0.2) is 18.3 Å². The quantitative estimate of drug-likeness (QED) is 0.748. The zero-order valence-corrected chi connectivity index (χ0v) is 13.6. The lowest BCUT2D eigenvalue weighted by Crippen LogP contribution is -2.46. The molecule has 1 saturated heterocycles. The summed E-state index contributed by atoms with van der Waals surface area (Å²) in [7, 11) is 0. The summed E-state index contributed by atoms with van der Waals surface area (Å²) in [5.41, 5.74) is 6.09. The van der Waals surface area contributed by atoms with E-state index in [-0.39, 0.29) is 5.41 Å². The SMILES string of the molecule is CC1CN[C@@H]2Cc3c[nH]c4cc(C(C)(C)C)cc(c34)[C@H]2C1. The van der Waals surface area contributed by atoms with Crippen molar-refractivity contribution in [3.05, 3.63) is 35.0 Å². The summed E-state index contributed by atoms with van der Waals surface area (Å²) in [4.78, 5) is 3.53. The Morgan fingerprint density at radius 2 is 2.00 bits per heavy atom. The molecule has 1 aliphatic heterocycles. The molecule has 2 aliphatic rings. The smallest absolute Gasteiger partial charge is 0.0462 e. The van der Waals surface area contributed by atoms with E-state index in [1.54, 1.807) is 5.56 Å². The summed E-state index contributed by atoms with van der Waals surface area (Å²) in [5, 5.41) is 5.30. The van der Waals surface area contributed by atoms with Gasteiger partial charge in [0.25, 0.3) is 0 Å². The fourth-order valence-electron chi connectivity index (χ4n) is 4.23. The molecule has 2 nitrogen and oxygen atoms in total. The average Bonchev–Trinajstić information content (AvgIpc) is 2.83. The lowest BCUT2D eigenvalue weighted by molar-refractivity contribution is 0.282. The van der Waals surface area contributed by atoms with Gasteiger partial charge in [0.2, 0.25) is 0 Å². The van der Waals surface area contributed by atoms with Crippen LogP contribution in [0.2, 0.25) is 0 Å². The molecule has 1 unspecified atom stereocenters. The second-order valence-electron chi connectivity index (χ2n) is 8.22. The van der Waals surface area contributed by atoms with Crippen LogP contribution in [-0.2, 0) is 11.8 Å². The predicted molar refractivity (Wildman–Crippen MR) is 89.0 cm³/mol. The van der Waals surface area contributed by atoms with Crippen molar-refractivity contribution in [2.45, 2.75) is 57.9 Å². The van der Waals surface area contributed by atoms with Crippen molar-refractivity contribution < 1.29 is 0 Å². The van der Waals surface area contributed by atoms with Gasteiger partial charge in [0.15, 0.2) is 0 Å². The van der Waals surface area contributed by atoms with Crippen LogP contribution in [0.5, 0.6) is 0 Å². The number of H-pyrrole nitrogens is 1. The van der Waals surface area contributed by atoms with Gasteiger partial charge in [-0.2, -0.15) is 0 Å². The third-order valence-corrected chi connectivity index (χ3v) is 5.47. The molecule has 0 radical (unpaired) electrons. The molecule has 1 aromatic carbocycles. The van der Waals surface area contributed by atoms with Gasteiger partial charge in [0, 0.05) is 29.1 Å². The largest absolute Gasteiger partial charge is 0.361 e.